The van der Waals surface area contributed by atoms with Gasteiger partial charge in [0.25, 0.3) is 0 Å². The second-order valence-corrected chi connectivity index (χ2v) is 5.98. The van der Waals surface area contributed by atoms with E-state index in [-0.39, 0.29) is 23.7 Å². The van der Waals surface area contributed by atoms with Gasteiger partial charge in [-0.05, 0) is 26.2 Å². The zero-order chi connectivity index (χ0) is 13.7. The van der Waals surface area contributed by atoms with Gasteiger partial charge in [-0.2, -0.15) is 0 Å². The molecule has 0 unspecified atom stereocenters. The molecular weight excluding hydrogens is 244 g/mol. The summed E-state index contributed by atoms with van der Waals surface area (Å²) in [6.45, 7) is 3.35. The van der Waals surface area contributed by atoms with Gasteiger partial charge in [0.1, 0.15) is 0 Å². The fraction of sp³-hybridized carbons (Fsp3) is 0.929. The second kappa shape index (κ2) is 6.57. The summed E-state index contributed by atoms with van der Waals surface area (Å²) in [6.07, 6.45) is 6.61. The first-order valence-corrected chi connectivity index (χ1v) is 7.32. The topological polar surface area (TPSA) is 59.6 Å². The van der Waals surface area contributed by atoms with E-state index in [1.165, 1.54) is 12.8 Å². The number of urea groups is 1. The minimum Gasteiger partial charge on any atom is -0.379 e. The standard InChI is InChI=1S/C14H26N2O3/c1-14(8-9-19-10-14)16-13(17)15-11-6-4-3-5-7-12(11)18-2/h11-12H,3-10H2,1-2H3,(H2,15,16,17)/t11-,12+,14+/m0/s1. The molecule has 2 fully saturated rings. The Labute approximate surface area is 115 Å². The molecule has 0 bridgehead atoms. The van der Waals surface area contributed by atoms with Crippen molar-refractivity contribution in [2.24, 2.45) is 0 Å². The Balaban J connectivity index is 1.85. The highest BCUT2D eigenvalue weighted by molar-refractivity contribution is 5.75. The van der Waals surface area contributed by atoms with Gasteiger partial charge in [0.2, 0.25) is 0 Å². The highest BCUT2D eigenvalue weighted by Crippen LogP contribution is 2.21. The number of carbonyl (C=O) groups excluding carboxylic acids is 1. The normalized spacial score (nSPS) is 35.7. The van der Waals surface area contributed by atoms with Crippen molar-refractivity contribution in [2.75, 3.05) is 20.3 Å². The fourth-order valence-corrected chi connectivity index (χ4v) is 2.97. The number of hydrogen-bond donors (Lipinski definition) is 2. The van der Waals surface area contributed by atoms with Gasteiger partial charge in [-0.3, -0.25) is 0 Å². The molecule has 1 aliphatic carbocycles. The number of amides is 2. The lowest BCUT2D eigenvalue weighted by Crippen LogP contribution is -2.55. The zero-order valence-electron chi connectivity index (χ0n) is 12.0. The van der Waals surface area contributed by atoms with Crippen LogP contribution in [-0.4, -0.2) is 44.0 Å². The predicted molar refractivity (Wildman–Crippen MR) is 73.2 cm³/mol. The molecule has 2 rings (SSSR count). The van der Waals surface area contributed by atoms with E-state index in [0.29, 0.717) is 6.61 Å². The van der Waals surface area contributed by atoms with Gasteiger partial charge < -0.3 is 20.1 Å². The van der Waals surface area contributed by atoms with Crippen LogP contribution in [0, 0.1) is 0 Å². The van der Waals surface area contributed by atoms with Crippen LogP contribution in [0.3, 0.4) is 0 Å². The van der Waals surface area contributed by atoms with E-state index in [0.717, 1.165) is 32.3 Å². The fourth-order valence-electron chi connectivity index (χ4n) is 2.97. The zero-order valence-corrected chi connectivity index (χ0v) is 12.0. The predicted octanol–water partition coefficient (Wildman–Crippen LogP) is 1.81. The SMILES string of the molecule is CO[C@@H]1CCCCC[C@@H]1NC(=O)N[C@]1(C)CCOC1. The van der Waals surface area contributed by atoms with Crippen molar-refractivity contribution < 1.29 is 14.3 Å². The van der Waals surface area contributed by atoms with E-state index in [9.17, 15) is 4.79 Å². The Morgan fingerprint density at radius 3 is 2.79 bits per heavy atom. The van der Waals surface area contributed by atoms with Gasteiger partial charge in [-0.1, -0.05) is 19.3 Å². The molecule has 1 saturated carbocycles. The van der Waals surface area contributed by atoms with Crippen molar-refractivity contribution in [1.29, 1.82) is 0 Å². The average molecular weight is 270 g/mol. The van der Waals surface area contributed by atoms with E-state index in [1.54, 1.807) is 7.11 Å². The van der Waals surface area contributed by atoms with Gasteiger partial charge in [-0.15, -0.1) is 0 Å². The molecule has 0 aromatic rings. The summed E-state index contributed by atoms with van der Waals surface area (Å²) in [5.74, 6) is 0. The maximum atomic E-state index is 12.1. The van der Waals surface area contributed by atoms with Crippen molar-refractivity contribution in [2.45, 2.75) is 63.1 Å². The first kappa shape index (κ1) is 14.6. The summed E-state index contributed by atoms with van der Waals surface area (Å²) in [5, 5.41) is 6.12. The molecule has 0 aromatic heterocycles. The third kappa shape index (κ3) is 4.08. The quantitative estimate of drug-likeness (QED) is 0.769. The molecule has 0 radical (unpaired) electrons. The maximum Gasteiger partial charge on any atom is 0.315 e. The molecule has 5 heteroatoms. The number of nitrogens with one attached hydrogen (secondary N) is 2. The van der Waals surface area contributed by atoms with Crippen LogP contribution in [0.25, 0.3) is 0 Å². The Morgan fingerprint density at radius 1 is 1.32 bits per heavy atom. The minimum absolute atomic E-state index is 0.0954. The lowest BCUT2D eigenvalue weighted by atomic mass is 10.0. The molecule has 2 amide bonds. The highest BCUT2D eigenvalue weighted by Gasteiger charge is 2.32. The third-order valence-corrected chi connectivity index (χ3v) is 4.21. The molecule has 2 N–H and O–H groups in total. The van der Waals surface area contributed by atoms with Crippen LogP contribution >= 0.6 is 0 Å². The molecule has 19 heavy (non-hydrogen) atoms. The molecule has 0 aromatic carbocycles. The second-order valence-electron chi connectivity index (χ2n) is 5.98. The van der Waals surface area contributed by atoms with Crippen LogP contribution in [0.2, 0.25) is 0 Å². The molecule has 110 valence electrons. The van der Waals surface area contributed by atoms with Crippen molar-refractivity contribution in [1.82, 2.24) is 10.6 Å². The van der Waals surface area contributed by atoms with Gasteiger partial charge in [0.15, 0.2) is 0 Å². The first-order chi connectivity index (χ1) is 9.13. The van der Waals surface area contributed by atoms with Crippen molar-refractivity contribution in [3.8, 4) is 0 Å². The summed E-state index contributed by atoms with van der Waals surface area (Å²) < 4.78 is 10.9. The van der Waals surface area contributed by atoms with Crippen LogP contribution in [0.4, 0.5) is 4.79 Å². The number of ether oxygens (including phenoxy) is 2. The number of methoxy groups -OCH3 is 1. The van der Waals surface area contributed by atoms with Gasteiger partial charge >= 0.3 is 6.03 Å². The Morgan fingerprint density at radius 2 is 2.11 bits per heavy atom. The lowest BCUT2D eigenvalue weighted by Gasteiger charge is -2.28. The van der Waals surface area contributed by atoms with Crippen LogP contribution in [0.5, 0.6) is 0 Å². The molecule has 3 atom stereocenters. The van der Waals surface area contributed by atoms with Crippen LogP contribution in [-0.2, 0) is 9.47 Å². The number of rotatable bonds is 3. The van der Waals surface area contributed by atoms with E-state index in [1.807, 2.05) is 6.92 Å². The third-order valence-electron chi connectivity index (χ3n) is 4.21. The monoisotopic (exact) mass is 270 g/mol. The van der Waals surface area contributed by atoms with E-state index in [2.05, 4.69) is 10.6 Å². The summed E-state index contributed by atoms with van der Waals surface area (Å²) >= 11 is 0. The first-order valence-electron chi connectivity index (χ1n) is 7.32. The maximum absolute atomic E-state index is 12.1. The smallest absolute Gasteiger partial charge is 0.315 e. The van der Waals surface area contributed by atoms with Gasteiger partial charge in [0.05, 0.1) is 24.3 Å². The van der Waals surface area contributed by atoms with Crippen LogP contribution in [0.15, 0.2) is 0 Å². The summed E-state index contributed by atoms with van der Waals surface area (Å²) in [6, 6.07) is 0.0281. The van der Waals surface area contributed by atoms with E-state index < -0.39 is 0 Å². The molecule has 2 aliphatic rings. The lowest BCUT2D eigenvalue weighted by molar-refractivity contribution is 0.0654. The molecule has 1 aliphatic heterocycles. The Hall–Kier alpha value is -0.810. The minimum atomic E-state index is -0.225. The summed E-state index contributed by atoms with van der Waals surface area (Å²) in [5.41, 5.74) is -0.225. The molecule has 1 heterocycles. The largest absolute Gasteiger partial charge is 0.379 e. The molecule has 0 spiro atoms. The molecule has 5 nitrogen and oxygen atoms in total. The average Bonchev–Trinajstić information content (AvgIpc) is 2.66. The van der Waals surface area contributed by atoms with E-state index >= 15 is 0 Å². The van der Waals surface area contributed by atoms with Crippen molar-refractivity contribution >= 4 is 6.03 Å². The van der Waals surface area contributed by atoms with Crippen LogP contribution in [0.1, 0.15) is 45.4 Å². The molecular formula is C14H26N2O3. The molecule has 1 saturated heterocycles. The Bertz CT molecular complexity index is 303. The summed E-state index contributed by atoms with van der Waals surface area (Å²) in [4.78, 5) is 12.1. The van der Waals surface area contributed by atoms with Crippen LogP contribution < -0.4 is 10.6 Å². The van der Waals surface area contributed by atoms with Gasteiger partial charge in [0, 0.05) is 13.7 Å². The van der Waals surface area contributed by atoms with E-state index in [4.69, 9.17) is 9.47 Å². The van der Waals surface area contributed by atoms with Gasteiger partial charge in [-0.25, -0.2) is 4.79 Å². The van der Waals surface area contributed by atoms with Crippen molar-refractivity contribution in [3.63, 3.8) is 0 Å². The number of hydrogen-bond acceptors (Lipinski definition) is 3. The summed E-state index contributed by atoms with van der Waals surface area (Å²) in [7, 11) is 1.73. The highest BCUT2D eigenvalue weighted by atomic mass is 16.5. The number of carbonyl (C=O) groups is 1. The Kier molecular flexibility index (Phi) is 5.05. The van der Waals surface area contributed by atoms with Crippen molar-refractivity contribution in [3.05, 3.63) is 0 Å².